The minimum atomic E-state index is -0.229. The molecule has 0 fully saturated rings. The molecule has 0 aliphatic rings. The Bertz CT molecular complexity index is 885. The summed E-state index contributed by atoms with van der Waals surface area (Å²) in [5.41, 5.74) is 2.00. The van der Waals surface area contributed by atoms with Gasteiger partial charge in [-0.2, -0.15) is 0 Å². The van der Waals surface area contributed by atoms with E-state index in [0.29, 0.717) is 22.3 Å². The summed E-state index contributed by atoms with van der Waals surface area (Å²) in [6.07, 6.45) is 0. The Hall–Kier alpha value is -2.05. The van der Waals surface area contributed by atoms with Crippen LogP contribution in [0, 0.1) is 12.7 Å². The summed E-state index contributed by atoms with van der Waals surface area (Å²) in [7, 11) is 1.88. The predicted molar refractivity (Wildman–Crippen MR) is 97.5 cm³/mol. The summed E-state index contributed by atoms with van der Waals surface area (Å²) >= 11 is 7.59. The molecule has 0 aliphatic heterocycles. The SMILES string of the molecule is Cc1ccc(F)cc1CSc1nnc(COc2ccccc2Cl)n1C. The molecular formula is C18H17ClFN3OS. The lowest BCUT2D eigenvalue weighted by Crippen LogP contribution is -2.04. The third-order valence-electron chi connectivity index (χ3n) is 3.79. The number of aromatic nitrogens is 3. The first-order chi connectivity index (χ1) is 12.0. The van der Waals surface area contributed by atoms with E-state index in [1.54, 1.807) is 24.3 Å². The normalized spacial score (nSPS) is 10.9. The van der Waals surface area contributed by atoms with Crippen molar-refractivity contribution in [3.05, 3.63) is 70.3 Å². The maximum atomic E-state index is 13.4. The molecule has 0 amide bonds. The van der Waals surface area contributed by atoms with Crippen molar-refractivity contribution in [1.82, 2.24) is 14.8 Å². The van der Waals surface area contributed by atoms with E-state index in [1.807, 2.05) is 30.7 Å². The van der Waals surface area contributed by atoms with E-state index >= 15 is 0 Å². The molecule has 1 heterocycles. The molecule has 0 atom stereocenters. The molecule has 0 saturated heterocycles. The Morgan fingerprint density at radius 1 is 1.20 bits per heavy atom. The van der Waals surface area contributed by atoms with E-state index in [9.17, 15) is 4.39 Å². The quantitative estimate of drug-likeness (QED) is 0.579. The van der Waals surface area contributed by atoms with Gasteiger partial charge in [-0.25, -0.2) is 4.39 Å². The van der Waals surface area contributed by atoms with E-state index < -0.39 is 0 Å². The van der Waals surface area contributed by atoms with Crippen molar-refractivity contribution >= 4 is 23.4 Å². The summed E-state index contributed by atoms with van der Waals surface area (Å²) in [6.45, 7) is 2.24. The molecule has 1 aromatic heterocycles. The molecule has 0 spiro atoms. The fourth-order valence-electron chi connectivity index (χ4n) is 2.24. The third-order valence-corrected chi connectivity index (χ3v) is 5.17. The Morgan fingerprint density at radius 3 is 2.80 bits per heavy atom. The van der Waals surface area contributed by atoms with Gasteiger partial charge in [0, 0.05) is 12.8 Å². The number of hydrogen-bond acceptors (Lipinski definition) is 4. The molecule has 4 nitrogen and oxygen atoms in total. The highest BCUT2D eigenvalue weighted by molar-refractivity contribution is 7.98. The molecular weight excluding hydrogens is 361 g/mol. The molecule has 130 valence electrons. The van der Waals surface area contributed by atoms with Crippen LogP contribution < -0.4 is 4.74 Å². The fourth-order valence-corrected chi connectivity index (χ4v) is 3.42. The summed E-state index contributed by atoms with van der Waals surface area (Å²) in [6, 6.07) is 12.1. The Morgan fingerprint density at radius 2 is 2.00 bits per heavy atom. The summed E-state index contributed by atoms with van der Waals surface area (Å²) < 4.78 is 21.0. The number of nitrogens with zero attached hydrogens (tertiary/aromatic N) is 3. The number of benzene rings is 2. The summed E-state index contributed by atoms with van der Waals surface area (Å²) in [5.74, 6) is 1.70. The van der Waals surface area contributed by atoms with Crippen molar-refractivity contribution in [1.29, 1.82) is 0 Å². The standard InChI is InChI=1S/C18H17ClFN3OS/c1-12-7-8-14(20)9-13(12)11-25-18-22-21-17(23(18)2)10-24-16-6-4-3-5-15(16)19/h3-9H,10-11H2,1-2H3. The predicted octanol–water partition coefficient (Wildman–Crippen LogP) is 4.79. The Labute approximate surface area is 155 Å². The van der Waals surface area contributed by atoms with Crippen LogP contribution in [0.15, 0.2) is 47.6 Å². The van der Waals surface area contributed by atoms with E-state index in [0.717, 1.165) is 16.3 Å². The second-order valence-corrected chi connectivity index (χ2v) is 6.89. The first-order valence-electron chi connectivity index (χ1n) is 7.68. The molecule has 0 radical (unpaired) electrons. The zero-order chi connectivity index (χ0) is 17.8. The first kappa shape index (κ1) is 17.8. The van der Waals surface area contributed by atoms with Crippen LogP contribution in [0.4, 0.5) is 4.39 Å². The smallest absolute Gasteiger partial charge is 0.191 e. The second kappa shape index (κ2) is 7.89. The molecule has 7 heteroatoms. The van der Waals surface area contributed by atoms with E-state index in [-0.39, 0.29) is 12.4 Å². The minimum absolute atomic E-state index is 0.229. The number of ether oxygens (including phenoxy) is 1. The lowest BCUT2D eigenvalue weighted by molar-refractivity contribution is 0.290. The highest BCUT2D eigenvalue weighted by Gasteiger charge is 2.12. The van der Waals surface area contributed by atoms with Crippen molar-refractivity contribution in [2.24, 2.45) is 7.05 Å². The van der Waals surface area contributed by atoms with Crippen LogP contribution in [0.5, 0.6) is 5.75 Å². The number of thioether (sulfide) groups is 1. The average Bonchev–Trinajstić information content (AvgIpc) is 2.95. The van der Waals surface area contributed by atoms with Crippen molar-refractivity contribution in [2.45, 2.75) is 24.4 Å². The van der Waals surface area contributed by atoms with Crippen molar-refractivity contribution in [2.75, 3.05) is 0 Å². The van der Waals surface area contributed by atoms with Crippen LogP contribution in [-0.4, -0.2) is 14.8 Å². The van der Waals surface area contributed by atoms with Crippen LogP contribution in [-0.2, 0) is 19.4 Å². The topological polar surface area (TPSA) is 39.9 Å². The van der Waals surface area contributed by atoms with Gasteiger partial charge in [0.05, 0.1) is 5.02 Å². The van der Waals surface area contributed by atoms with Crippen LogP contribution in [0.25, 0.3) is 0 Å². The lowest BCUT2D eigenvalue weighted by Gasteiger charge is -2.08. The maximum Gasteiger partial charge on any atom is 0.191 e. The van der Waals surface area contributed by atoms with Gasteiger partial charge in [0.2, 0.25) is 0 Å². The van der Waals surface area contributed by atoms with E-state index in [4.69, 9.17) is 16.3 Å². The molecule has 25 heavy (non-hydrogen) atoms. The monoisotopic (exact) mass is 377 g/mol. The second-order valence-electron chi connectivity index (χ2n) is 5.54. The molecule has 3 aromatic rings. The number of aryl methyl sites for hydroxylation is 1. The van der Waals surface area contributed by atoms with Gasteiger partial charge >= 0.3 is 0 Å². The van der Waals surface area contributed by atoms with Gasteiger partial charge in [-0.3, -0.25) is 0 Å². The lowest BCUT2D eigenvalue weighted by atomic mass is 10.1. The number of para-hydroxylation sites is 1. The van der Waals surface area contributed by atoms with Gasteiger partial charge in [0.15, 0.2) is 11.0 Å². The molecule has 0 unspecified atom stereocenters. The van der Waals surface area contributed by atoms with Gasteiger partial charge in [-0.1, -0.05) is 41.6 Å². The van der Waals surface area contributed by atoms with Gasteiger partial charge < -0.3 is 9.30 Å². The molecule has 0 aliphatic carbocycles. The van der Waals surface area contributed by atoms with Crippen LogP contribution in [0.2, 0.25) is 5.02 Å². The number of rotatable bonds is 6. The van der Waals surface area contributed by atoms with Gasteiger partial charge in [0.1, 0.15) is 18.2 Å². The highest BCUT2D eigenvalue weighted by Crippen LogP contribution is 2.26. The van der Waals surface area contributed by atoms with Crippen LogP contribution >= 0.6 is 23.4 Å². The zero-order valence-corrected chi connectivity index (χ0v) is 15.4. The number of hydrogen-bond donors (Lipinski definition) is 0. The molecule has 3 rings (SSSR count). The molecule has 2 aromatic carbocycles. The summed E-state index contributed by atoms with van der Waals surface area (Å²) in [4.78, 5) is 0. The van der Waals surface area contributed by atoms with Gasteiger partial charge in [-0.05, 0) is 42.3 Å². The first-order valence-corrected chi connectivity index (χ1v) is 9.04. The van der Waals surface area contributed by atoms with Crippen LogP contribution in [0.3, 0.4) is 0 Å². The van der Waals surface area contributed by atoms with Crippen molar-refractivity contribution < 1.29 is 9.13 Å². The van der Waals surface area contributed by atoms with Crippen molar-refractivity contribution in [3.63, 3.8) is 0 Å². The van der Waals surface area contributed by atoms with E-state index in [1.165, 1.54) is 17.8 Å². The van der Waals surface area contributed by atoms with E-state index in [2.05, 4.69) is 10.2 Å². The number of halogens is 2. The summed E-state index contributed by atoms with van der Waals surface area (Å²) in [5, 5.41) is 9.66. The maximum absolute atomic E-state index is 13.4. The Balaban J connectivity index is 1.65. The van der Waals surface area contributed by atoms with Crippen LogP contribution in [0.1, 0.15) is 17.0 Å². The largest absolute Gasteiger partial charge is 0.484 e. The Kier molecular flexibility index (Phi) is 5.60. The molecule has 0 saturated carbocycles. The third kappa shape index (κ3) is 4.32. The van der Waals surface area contributed by atoms with Gasteiger partial charge in [-0.15, -0.1) is 10.2 Å². The zero-order valence-electron chi connectivity index (χ0n) is 13.9. The highest BCUT2D eigenvalue weighted by atomic mass is 35.5. The minimum Gasteiger partial charge on any atom is -0.484 e. The van der Waals surface area contributed by atoms with Gasteiger partial charge in [0.25, 0.3) is 0 Å². The molecule has 0 bridgehead atoms. The average molecular weight is 378 g/mol. The molecule has 0 N–H and O–H groups in total. The fraction of sp³-hybridized carbons (Fsp3) is 0.222. The van der Waals surface area contributed by atoms with Crippen molar-refractivity contribution in [3.8, 4) is 5.75 Å².